The van der Waals surface area contributed by atoms with Crippen LogP contribution in [0.4, 0.5) is 11.4 Å². The molecule has 298 valence electrons. The molecular weight excluding hydrogens is 749 g/mol. The molecule has 2 saturated carbocycles. The highest BCUT2D eigenvalue weighted by molar-refractivity contribution is 6.87. The minimum absolute atomic E-state index is 0.0337. The van der Waals surface area contributed by atoms with Gasteiger partial charge in [-0.05, 0) is 156 Å². The van der Waals surface area contributed by atoms with Crippen LogP contribution in [0.5, 0.6) is 0 Å². The van der Waals surface area contributed by atoms with Gasteiger partial charge in [0.2, 0.25) is 23.6 Å². The second kappa shape index (κ2) is 14.5. The van der Waals surface area contributed by atoms with Crippen LogP contribution in [-0.4, -0.2) is 48.8 Å². The second-order valence-corrected chi connectivity index (χ2v) is 32.2. The van der Waals surface area contributed by atoms with Crippen molar-refractivity contribution < 1.29 is 27.4 Å². The summed E-state index contributed by atoms with van der Waals surface area (Å²) in [4.78, 5) is 57.9. The number of hydrogen-bond acceptors (Lipinski definition) is 6. The van der Waals surface area contributed by atoms with Crippen LogP contribution < -0.4 is 9.80 Å². The summed E-state index contributed by atoms with van der Waals surface area (Å²) in [5.41, 5.74) is 6.17. The van der Waals surface area contributed by atoms with Gasteiger partial charge in [0.25, 0.3) is 0 Å². The van der Waals surface area contributed by atoms with Crippen molar-refractivity contribution in [3.63, 3.8) is 0 Å². The Morgan fingerprint density at radius 3 is 1.45 bits per heavy atom. The third-order valence-corrected chi connectivity index (χ3v) is 23.5. The zero-order valence-corrected chi connectivity index (χ0v) is 37.6. The van der Waals surface area contributed by atoms with Crippen LogP contribution in [0.1, 0.15) is 63.0 Å². The molecular formula is C45H60N2O6Si3. The SMILES string of the molecule is CCCCC1=CC2CC1C1C(=O)N(c3ccc(Cc4ccc(N5C(=O)C6C7C=C(CCC[Si](C)(C)O[Si](C)(C)O[Si](C)(C)C)C(C7)C6C5=O)cc4)cc3)C(=O)C21. The van der Waals surface area contributed by atoms with Gasteiger partial charge in [0, 0.05) is 0 Å². The lowest BCUT2D eigenvalue weighted by Crippen LogP contribution is -2.51. The van der Waals surface area contributed by atoms with E-state index in [1.165, 1.54) is 20.9 Å². The van der Waals surface area contributed by atoms with Crippen LogP contribution >= 0.6 is 0 Å². The molecule has 2 saturated heterocycles. The Bertz CT molecular complexity index is 1980. The minimum atomic E-state index is -2.19. The van der Waals surface area contributed by atoms with Crippen molar-refractivity contribution in [3.8, 4) is 0 Å². The summed E-state index contributed by atoms with van der Waals surface area (Å²) in [5.74, 6) is -0.396. The second-order valence-electron chi connectivity index (χ2n) is 19.6. The molecule has 0 aromatic heterocycles. The minimum Gasteiger partial charge on any atom is -0.437 e. The van der Waals surface area contributed by atoms with Crippen LogP contribution in [-0.2, 0) is 33.8 Å². The monoisotopic (exact) mass is 808 g/mol. The Balaban J connectivity index is 0.860. The molecule has 0 N–H and O–H groups in total. The predicted molar refractivity (Wildman–Crippen MR) is 228 cm³/mol. The van der Waals surface area contributed by atoms with E-state index in [4.69, 9.17) is 8.23 Å². The number of unbranched alkanes of at least 4 members (excludes halogenated alkanes) is 1. The van der Waals surface area contributed by atoms with Crippen LogP contribution in [0.15, 0.2) is 71.8 Å². The zero-order valence-electron chi connectivity index (χ0n) is 34.6. The van der Waals surface area contributed by atoms with Crippen molar-refractivity contribution in [1.82, 2.24) is 0 Å². The average molecular weight is 809 g/mol. The number of benzene rings is 2. The maximum atomic E-state index is 14.0. The van der Waals surface area contributed by atoms with Crippen LogP contribution in [0.3, 0.4) is 0 Å². The van der Waals surface area contributed by atoms with Crippen molar-refractivity contribution in [2.45, 2.75) is 110 Å². The Morgan fingerprint density at radius 2 is 1.02 bits per heavy atom. The number of nitrogens with zero attached hydrogens (tertiary/aromatic N) is 2. The maximum absolute atomic E-state index is 14.0. The van der Waals surface area contributed by atoms with Gasteiger partial charge >= 0.3 is 8.56 Å². The van der Waals surface area contributed by atoms with Gasteiger partial charge in [0.1, 0.15) is 0 Å². The number of imide groups is 2. The van der Waals surface area contributed by atoms with Gasteiger partial charge in [0.15, 0.2) is 16.6 Å². The fourth-order valence-corrected chi connectivity index (χ4v) is 24.8. The molecule has 8 nitrogen and oxygen atoms in total. The van der Waals surface area contributed by atoms with Crippen molar-refractivity contribution in [2.75, 3.05) is 9.80 Å². The lowest BCUT2D eigenvalue weighted by molar-refractivity contribution is -0.124. The highest BCUT2D eigenvalue weighted by Crippen LogP contribution is 2.58. The van der Waals surface area contributed by atoms with Crippen molar-refractivity contribution in [1.29, 1.82) is 0 Å². The summed E-state index contributed by atoms with van der Waals surface area (Å²) in [5, 5.41) is 0. The Labute approximate surface area is 336 Å². The first-order valence-electron chi connectivity index (χ1n) is 21.2. The van der Waals surface area contributed by atoms with E-state index in [2.05, 4.69) is 64.9 Å². The number of allylic oxidation sites excluding steroid dienone is 4. The van der Waals surface area contributed by atoms with Gasteiger partial charge in [-0.2, -0.15) is 0 Å². The maximum Gasteiger partial charge on any atom is 0.311 e. The first-order chi connectivity index (χ1) is 26.4. The summed E-state index contributed by atoms with van der Waals surface area (Å²) >= 11 is 0. The molecule has 11 heteroatoms. The molecule has 2 aromatic rings. The molecule has 56 heavy (non-hydrogen) atoms. The molecule has 8 atom stereocenters. The Morgan fingerprint density at radius 1 is 0.589 bits per heavy atom. The normalized spacial score (nSPS) is 29.5. The van der Waals surface area contributed by atoms with Gasteiger partial charge in [-0.25, -0.2) is 0 Å². The van der Waals surface area contributed by atoms with Gasteiger partial charge in [0.05, 0.1) is 35.0 Å². The van der Waals surface area contributed by atoms with Gasteiger partial charge in [-0.1, -0.05) is 60.9 Å². The van der Waals surface area contributed by atoms with Crippen LogP contribution in [0.25, 0.3) is 0 Å². The van der Waals surface area contributed by atoms with E-state index < -0.39 is 25.2 Å². The smallest absolute Gasteiger partial charge is 0.311 e. The fourth-order valence-electron chi connectivity index (χ4n) is 11.6. The molecule has 4 amide bonds. The van der Waals surface area contributed by atoms with Gasteiger partial charge in [-0.15, -0.1) is 0 Å². The van der Waals surface area contributed by atoms with E-state index >= 15 is 0 Å². The fraction of sp³-hybridized carbons (Fsp3) is 0.556. The van der Waals surface area contributed by atoms with E-state index in [0.717, 1.165) is 62.1 Å². The molecule has 2 aliphatic heterocycles. The lowest BCUT2D eigenvalue weighted by atomic mass is 9.80. The molecule has 2 heterocycles. The number of carbonyl (C=O) groups is 4. The highest BCUT2D eigenvalue weighted by Gasteiger charge is 2.62. The molecule has 0 spiro atoms. The third kappa shape index (κ3) is 7.24. The van der Waals surface area contributed by atoms with Crippen molar-refractivity contribution in [2.24, 2.45) is 47.3 Å². The van der Waals surface area contributed by atoms with E-state index in [1.807, 2.05) is 48.5 Å². The molecule has 4 fully saturated rings. The quantitative estimate of drug-likeness (QED) is 0.101. The predicted octanol–water partition coefficient (Wildman–Crippen LogP) is 9.39. The molecule has 2 aromatic carbocycles. The lowest BCUT2D eigenvalue weighted by Gasteiger charge is -2.37. The molecule has 8 rings (SSSR count). The first kappa shape index (κ1) is 39.6. The summed E-state index contributed by atoms with van der Waals surface area (Å²) in [6, 6.07) is 16.6. The van der Waals surface area contributed by atoms with E-state index in [-0.39, 0.29) is 71.0 Å². The molecule has 4 aliphatic carbocycles. The number of amides is 4. The van der Waals surface area contributed by atoms with Crippen molar-refractivity contribution in [3.05, 3.63) is 83.0 Å². The van der Waals surface area contributed by atoms with E-state index in [1.54, 1.807) is 0 Å². The molecule has 8 unspecified atom stereocenters. The molecule has 0 radical (unpaired) electrons. The number of carbonyl (C=O) groups excluding carboxylic acids is 4. The average Bonchev–Trinajstić information content (AvgIpc) is 3.95. The van der Waals surface area contributed by atoms with Gasteiger partial charge in [-0.3, -0.25) is 29.0 Å². The van der Waals surface area contributed by atoms with Crippen LogP contribution in [0, 0.1) is 47.3 Å². The van der Waals surface area contributed by atoms with E-state index in [9.17, 15) is 19.2 Å². The topological polar surface area (TPSA) is 93.2 Å². The summed E-state index contributed by atoms with van der Waals surface area (Å²) < 4.78 is 13.2. The summed E-state index contributed by atoms with van der Waals surface area (Å²) in [6.45, 7) is 17.8. The van der Waals surface area contributed by atoms with Crippen molar-refractivity contribution >= 4 is 60.2 Å². The summed E-state index contributed by atoms with van der Waals surface area (Å²) in [7, 11) is -5.79. The Hall–Kier alpha value is -3.23. The number of anilines is 2. The number of hydrogen-bond donors (Lipinski definition) is 0. The van der Waals surface area contributed by atoms with E-state index in [0.29, 0.717) is 17.8 Å². The Kier molecular flexibility index (Phi) is 10.3. The molecule has 6 aliphatic rings. The molecule has 4 bridgehead atoms. The highest BCUT2D eigenvalue weighted by atomic mass is 28.5. The van der Waals surface area contributed by atoms with Crippen LogP contribution in [0.2, 0.25) is 51.9 Å². The largest absolute Gasteiger partial charge is 0.437 e. The summed E-state index contributed by atoms with van der Waals surface area (Å²) in [6.07, 6.45) is 12.4. The van der Waals surface area contributed by atoms with Gasteiger partial charge < -0.3 is 8.23 Å². The first-order valence-corrected chi connectivity index (χ1v) is 30.5. The standard InChI is InChI=1S/C45H60N2O6Si3/c1-9-10-12-30-24-32-26-36(30)40-38(32)42(48)46(44(40)50)34-18-14-28(15-19-34)23-29-16-20-35(21-17-29)47-43(49)39-33-25-31(37(27-33)41(39)45(47)51)13-11-22-55(5,6)53-56(7,8)52-54(2,3)4/h14-21,24-25,32-33,36-41H,9-13,22-23,26-27H2,1-8H3. The zero-order chi connectivity index (χ0) is 39.9. The number of rotatable bonds is 15. The third-order valence-electron chi connectivity index (χ3n) is 13.4. The number of fused-ring (bicyclic) bond motifs is 10.